The molecular formula is C9H15N3O2. The number of carbonyl (C=O) groups is 1. The van der Waals surface area contributed by atoms with Crippen LogP contribution in [-0.2, 0) is 11.2 Å². The molecule has 0 saturated heterocycles. The Morgan fingerprint density at radius 2 is 2.50 bits per heavy atom. The fourth-order valence-corrected chi connectivity index (χ4v) is 1.08. The number of rotatable bonds is 4. The molecule has 1 aromatic rings. The van der Waals surface area contributed by atoms with Crippen molar-refractivity contribution < 1.29 is 9.53 Å². The number of carbonyl (C=O) groups excluding carboxylic acids is 1. The first kappa shape index (κ1) is 10.6. The number of hydrogen-bond donors (Lipinski definition) is 2. The standard InChI is InChI=1S/C9H15N3O2/c1-3-14-9(13)10-5-4-8-6-11-7(2)12-8/h6H,3-5H2,1-2H3,(H,10,13)(H,11,12). The summed E-state index contributed by atoms with van der Waals surface area (Å²) in [7, 11) is 0. The van der Waals surface area contributed by atoms with E-state index in [9.17, 15) is 4.79 Å². The second-order valence-electron chi connectivity index (χ2n) is 2.89. The van der Waals surface area contributed by atoms with Gasteiger partial charge in [-0.05, 0) is 13.8 Å². The summed E-state index contributed by atoms with van der Waals surface area (Å²) in [6, 6.07) is 0. The fourth-order valence-electron chi connectivity index (χ4n) is 1.08. The molecule has 78 valence electrons. The molecule has 0 saturated carbocycles. The number of amides is 1. The van der Waals surface area contributed by atoms with E-state index in [2.05, 4.69) is 15.3 Å². The Kier molecular flexibility index (Phi) is 3.97. The molecule has 0 radical (unpaired) electrons. The first-order chi connectivity index (χ1) is 6.72. The number of imidazole rings is 1. The van der Waals surface area contributed by atoms with Crippen molar-refractivity contribution in [1.29, 1.82) is 0 Å². The summed E-state index contributed by atoms with van der Waals surface area (Å²) in [5, 5.41) is 2.63. The molecular weight excluding hydrogens is 182 g/mol. The topological polar surface area (TPSA) is 67.0 Å². The van der Waals surface area contributed by atoms with Crippen LogP contribution in [0.25, 0.3) is 0 Å². The second-order valence-corrected chi connectivity index (χ2v) is 2.89. The SMILES string of the molecule is CCOC(=O)NCCc1cnc(C)[nH]1. The Morgan fingerprint density at radius 1 is 1.71 bits per heavy atom. The van der Waals surface area contributed by atoms with E-state index >= 15 is 0 Å². The lowest BCUT2D eigenvalue weighted by atomic mass is 10.3. The van der Waals surface area contributed by atoms with Gasteiger partial charge in [0.2, 0.25) is 0 Å². The minimum absolute atomic E-state index is 0.372. The van der Waals surface area contributed by atoms with Gasteiger partial charge in [0.1, 0.15) is 5.82 Å². The molecule has 1 aromatic heterocycles. The number of nitrogens with one attached hydrogen (secondary N) is 2. The van der Waals surface area contributed by atoms with E-state index in [1.807, 2.05) is 6.92 Å². The molecule has 1 rings (SSSR count). The summed E-state index contributed by atoms with van der Waals surface area (Å²) in [5.74, 6) is 0.885. The number of nitrogens with zero attached hydrogens (tertiary/aromatic N) is 1. The third-order valence-corrected chi connectivity index (χ3v) is 1.69. The van der Waals surface area contributed by atoms with Gasteiger partial charge in [0.05, 0.1) is 6.61 Å². The first-order valence-corrected chi connectivity index (χ1v) is 4.63. The number of H-pyrrole nitrogens is 1. The van der Waals surface area contributed by atoms with Crippen molar-refractivity contribution in [3.8, 4) is 0 Å². The van der Waals surface area contributed by atoms with E-state index in [-0.39, 0.29) is 6.09 Å². The maximum absolute atomic E-state index is 10.9. The zero-order valence-electron chi connectivity index (χ0n) is 8.46. The van der Waals surface area contributed by atoms with Crippen LogP contribution >= 0.6 is 0 Å². The Balaban J connectivity index is 2.18. The van der Waals surface area contributed by atoms with Gasteiger partial charge in [-0.1, -0.05) is 0 Å². The quantitative estimate of drug-likeness (QED) is 0.756. The van der Waals surface area contributed by atoms with Gasteiger partial charge in [-0.25, -0.2) is 9.78 Å². The van der Waals surface area contributed by atoms with Gasteiger partial charge in [-0.15, -0.1) is 0 Å². The highest BCUT2D eigenvalue weighted by atomic mass is 16.5. The van der Waals surface area contributed by atoms with Crippen molar-refractivity contribution in [3.05, 3.63) is 17.7 Å². The molecule has 0 aliphatic carbocycles. The molecule has 5 nitrogen and oxygen atoms in total. The van der Waals surface area contributed by atoms with Gasteiger partial charge in [-0.2, -0.15) is 0 Å². The molecule has 0 atom stereocenters. The molecule has 14 heavy (non-hydrogen) atoms. The van der Waals surface area contributed by atoms with Gasteiger partial charge < -0.3 is 15.0 Å². The highest BCUT2D eigenvalue weighted by molar-refractivity contribution is 5.66. The minimum atomic E-state index is -0.372. The van der Waals surface area contributed by atoms with Crippen molar-refractivity contribution >= 4 is 6.09 Å². The molecule has 0 unspecified atom stereocenters. The van der Waals surface area contributed by atoms with E-state index in [1.165, 1.54) is 0 Å². The summed E-state index contributed by atoms with van der Waals surface area (Å²) >= 11 is 0. The molecule has 1 heterocycles. The Bertz CT molecular complexity index is 296. The summed E-state index contributed by atoms with van der Waals surface area (Å²) in [6.07, 6.45) is 2.13. The molecule has 0 aromatic carbocycles. The predicted molar refractivity (Wildman–Crippen MR) is 52.1 cm³/mol. The highest BCUT2D eigenvalue weighted by Gasteiger charge is 2.00. The molecule has 0 aliphatic rings. The third-order valence-electron chi connectivity index (χ3n) is 1.69. The normalized spacial score (nSPS) is 9.86. The van der Waals surface area contributed by atoms with Crippen molar-refractivity contribution in [1.82, 2.24) is 15.3 Å². The number of aromatic nitrogens is 2. The first-order valence-electron chi connectivity index (χ1n) is 4.63. The highest BCUT2D eigenvalue weighted by Crippen LogP contribution is 1.95. The van der Waals surface area contributed by atoms with Crippen LogP contribution in [0.5, 0.6) is 0 Å². The van der Waals surface area contributed by atoms with E-state index in [0.717, 1.165) is 17.9 Å². The predicted octanol–water partition coefficient (Wildman–Crippen LogP) is 1.01. The number of alkyl carbamates (subject to hydrolysis) is 1. The van der Waals surface area contributed by atoms with Crippen molar-refractivity contribution in [2.75, 3.05) is 13.2 Å². The van der Waals surface area contributed by atoms with Crippen LogP contribution in [0.3, 0.4) is 0 Å². The van der Waals surface area contributed by atoms with Gasteiger partial charge in [0, 0.05) is 24.9 Å². The van der Waals surface area contributed by atoms with Crippen LogP contribution < -0.4 is 5.32 Å². The molecule has 1 amide bonds. The number of aryl methyl sites for hydroxylation is 1. The maximum Gasteiger partial charge on any atom is 0.407 e. The molecule has 2 N–H and O–H groups in total. The lowest BCUT2D eigenvalue weighted by molar-refractivity contribution is 0.152. The van der Waals surface area contributed by atoms with E-state index in [0.29, 0.717) is 13.2 Å². The summed E-state index contributed by atoms with van der Waals surface area (Å²) in [5.41, 5.74) is 1.01. The number of ether oxygens (including phenoxy) is 1. The maximum atomic E-state index is 10.9. The second kappa shape index (κ2) is 5.26. The smallest absolute Gasteiger partial charge is 0.407 e. The lowest BCUT2D eigenvalue weighted by Gasteiger charge is -2.03. The Labute approximate surface area is 82.9 Å². The van der Waals surface area contributed by atoms with Crippen molar-refractivity contribution in [3.63, 3.8) is 0 Å². The Morgan fingerprint density at radius 3 is 3.07 bits per heavy atom. The number of aromatic amines is 1. The Hall–Kier alpha value is -1.52. The van der Waals surface area contributed by atoms with Crippen LogP contribution in [0.4, 0.5) is 4.79 Å². The molecule has 0 bridgehead atoms. The average Bonchev–Trinajstić information content (AvgIpc) is 2.52. The molecule has 5 heteroatoms. The fraction of sp³-hybridized carbons (Fsp3) is 0.556. The summed E-state index contributed by atoms with van der Waals surface area (Å²) < 4.78 is 4.71. The van der Waals surface area contributed by atoms with E-state index in [4.69, 9.17) is 4.74 Å². The third kappa shape index (κ3) is 3.47. The molecule has 0 fully saturated rings. The zero-order chi connectivity index (χ0) is 10.4. The van der Waals surface area contributed by atoms with Gasteiger partial charge in [0.15, 0.2) is 0 Å². The van der Waals surface area contributed by atoms with Crippen LogP contribution in [0, 0.1) is 6.92 Å². The van der Waals surface area contributed by atoms with Gasteiger partial charge in [-0.3, -0.25) is 0 Å². The average molecular weight is 197 g/mol. The largest absolute Gasteiger partial charge is 0.450 e. The van der Waals surface area contributed by atoms with Crippen LogP contribution in [0.2, 0.25) is 0 Å². The molecule has 0 spiro atoms. The minimum Gasteiger partial charge on any atom is -0.450 e. The lowest BCUT2D eigenvalue weighted by Crippen LogP contribution is -2.26. The number of hydrogen-bond acceptors (Lipinski definition) is 3. The van der Waals surface area contributed by atoms with Crippen LogP contribution in [0.15, 0.2) is 6.20 Å². The van der Waals surface area contributed by atoms with Crippen molar-refractivity contribution in [2.24, 2.45) is 0 Å². The van der Waals surface area contributed by atoms with E-state index < -0.39 is 0 Å². The summed E-state index contributed by atoms with van der Waals surface area (Å²) in [4.78, 5) is 18.0. The monoisotopic (exact) mass is 197 g/mol. The zero-order valence-corrected chi connectivity index (χ0v) is 8.46. The van der Waals surface area contributed by atoms with Gasteiger partial charge in [0.25, 0.3) is 0 Å². The van der Waals surface area contributed by atoms with E-state index in [1.54, 1.807) is 13.1 Å². The van der Waals surface area contributed by atoms with Crippen molar-refractivity contribution in [2.45, 2.75) is 20.3 Å². The van der Waals surface area contributed by atoms with Crippen LogP contribution in [-0.4, -0.2) is 29.2 Å². The summed E-state index contributed by atoms with van der Waals surface area (Å²) in [6.45, 7) is 4.62. The van der Waals surface area contributed by atoms with Crippen LogP contribution in [0.1, 0.15) is 18.4 Å². The van der Waals surface area contributed by atoms with Gasteiger partial charge >= 0.3 is 6.09 Å². The molecule has 0 aliphatic heterocycles.